The second-order valence-electron chi connectivity index (χ2n) is 7.08. The number of hydrogen-bond donors (Lipinski definition) is 2. The summed E-state index contributed by atoms with van der Waals surface area (Å²) >= 11 is 1.98. The van der Waals surface area contributed by atoms with Gasteiger partial charge in [-0.3, -0.25) is 4.90 Å². The number of rotatable bonds is 9. The predicted molar refractivity (Wildman–Crippen MR) is 113 cm³/mol. The molecule has 0 unspecified atom stereocenters. The zero-order valence-corrected chi connectivity index (χ0v) is 16.9. The van der Waals surface area contributed by atoms with Crippen molar-refractivity contribution in [1.29, 1.82) is 0 Å². The Bertz CT molecular complexity index is 704. The van der Waals surface area contributed by atoms with Crippen LogP contribution < -0.4 is 10.1 Å². The normalized spacial score (nSPS) is 16.2. The van der Waals surface area contributed by atoms with E-state index in [1.807, 2.05) is 30.0 Å². The van der Waals surface area contributed by atoms with Crippen LogP contribution >= 0.6 is 11.8 Å². The fraction of sp³-hybridized carbons (Fsp3) is 0.455. The molecule has 0 bridgehead atoms. The van der Waals surface area contributed by atoms with Crippen LogP contribution in [0.5, 0.6) is 5.75 Å². The fourth-order valence-electron chi connectivity index (χ4n) is 3.27. The van der Waals surface area contributed by atoms with Crippen LogP contribution in [0.1, 0.15) is 16.7 Å². The number of β-amino-alcohol motifs (C(OH)–C–C–N with tert-alkyl or cyclic N) is 1. The van der Waals surface area contributed by atoms with E-state index < -0.39 is 6.10 Å². The van der Waals surface area contributed by atoms with Gasteiger partial charge in [-0.1, -0.05) is 48.0 Å². The lowest BCUT2D eigenvalue weighted by Gasteiger charge is -2.28. The highest BCUT2D eigenvalue weighted by Crippen LogP contribution is 2.18. The Hall–Kier alpha value is -1.53. The summed E-state index contributed by atoms with van der Waals surface area (Å²) in [5.41, 5.74) is 3.68. The van der Waals surface area contributed by atoms with Gasteiger partial charge in [0.05, 0.1) is 0 Å². The predicted octanol–water partition coefficient (Wildman–Crippen LogP) is 3.07. The Morgan fingerprint density at radius 2 is 1.93 bits per heavy atom. The van der Waals surface area contributed by atoms with Gasteiger partial charge in [0.1, 0.15) is 18.5 Å². The highest BCUT2D eigenvalue weighted by molar-refractivity contribution is 7.99. The molecular formula is C22H30N2O2S. The molecule has 0 amide bonds. The van der Waals surface area contributed by atoms with Crippen LogP contribution in [0.15, 0.2) is 48.5 Å². The van der Waals surface area contributed by atoms with Crippen molar-refractivity contribution in [3.63, 3.8) is 0 Å². The molecule has 2 aromatic rings. The van der Waals surface area contributed by atoms with Gasteiger partial charge in [-0.25, -0.2) is 0 Å². The van der Waals surface area contributed by atoms with Crippen LogP contribution in [0.4, 0.5) is 0 Å². The summed E-state index contributed by atoms with van der Waals surface area (Å²) in [5.74, 6) is 3.16. The van der Waals surface area contributed by atoms with Crippen molar-refractivity contribution in [2.45, 2.75) is 26.1 Å². The van der Waals surface area contributed by atoms with E-state index in [0.717, 1.165) is 49.0 Å². The van der Waals surface area contributed by atoms with Crippen molar-refractivity contribution in [2.75, 3.05) is 37.7 Å². The van der Waals surface area contributed by atoms with Crippen LogP contribution in [0.3, 0.4) is 0 Å². The van der Waals surface area contributed by atoms with E-state index in [-0.39, 0.29) is 0 Å². The van der Waals surface area contributed by atoms with Crippen molar-refractivity contribution in [1.82, 2.24) is 10.2 Å². The maximum absolute atomic E-state index is 10.3. The Labute approximate surface area is 166 Å². The molecule has 4 nitrogen and oxygen atoms in total. The zero-order valence-electron chi connectivity index (χ0n) is 16.1. The van der Waals surface area contributed by atoms with E-state index in [1.54, 1.807) is 0 Å². The average Bonchev–Trinajstić information content (AvgIpc) is 2.68. The second kappa shape index (κ2) is 10.7. The van der Waals surface area contributed by atoms with Crippen molar-refractivity contribution >= 4 is 11.8 Å². The van der Waals surface area contributed by atoms with Crippen molar-refractivity contribution < 1.29 is 9.84 Å². The van der Waals surface area contributed by atoms with Crippen LogP contribution in [0.25, 0.3) is 0 Å². The van der Waals surface area contributed by atoms with E-state index in [4.69, 9.17) is 4.74 Å². The van der Waals surface area contributed by atoms with Gasteiger partial charge in [-0.15, -0.1) is 0 Å². The Morgan fingerprint density at radius 1 is 1.11 bits per heavy atom. The molecule has 0 saturated carbocycles. The lowest BCUT2D eigenvalue weighted by Crippen LogP contribution is -2.40. The summed E-state index contributed by atoms with van der Waals surface area (Å²) in [4.78, 5) is 2.32. The lowest BCUT2D eigenvalue weighted by molar-refractivity contribution is 0.0711. The minimum Gasteiger partial charge on any atom is -0.491 e. The number of benzene rings is 2. The van der Waals surface area contributed by atoms with E-state index in [9.17, 15) is 5.11 Å². The molecule has 1 aliphatic heterocycles. The second-order valence-corrected chi connectivity index (χ2v) is 8.30. The third kappa shape index (κ3) is 6.85. The molecule has 146 valence electrons. The average molecular weight is 387 g/mol. The molecule has 0 spiro atoms. The lowest BCUT2D eigenvalue weighted by atomic mass is 10.1. The number of nitrogens with one attached hydrogen (secondary N) is 1. The van der Waals surface area contributed by atoms with Crippen LogP contribution in [0, 0.1) is 6.92 Å². The standard InChI is InChI=1S/C22H30N2O2S/c1-18-5-4-6-19(13-18)14-23-15-20-7-2-3-8-22(20)26-17-21(25)16-24-9-11-27-12-10-24/h2-8,13,21,23,25H,9-12,14-17H2,1H3/t21-/m0/s1. The maximum atomic E-state index is 10.3. The number of hydrogen-bond acceptors (Lipinski definition) is 5. The van der Waals surface area contributed by atoms with E-state index in [0.29, 0.717) is 13.2 Å². The number of ether oxygens (including phenoxy) is 1. The summed E-state index contributed by atoms with van der Waals surface area (Å²) in [6, 6.07) is 16.6. The third-order valence-electron chi connectivity index (χ3n) is 4.70. The first-order chi connectivity index (χ1) is 13.2. The number of nitrogens with zero attached hydrogens (tertiary/aromatic N) is 1. The third-order valence-corrected chi connectivity index (χ3v) is 5.65. The minimum absolute atomic E-state index is 0.332. The molecule has 1 saturated heterocycles. The molecule has 0 radical (unpaired) electrons. The molecule has 1 fully saturated rings. The van der Waals surface area contributed by atoms with E-state index in [2.05, 4.69) is 47.5 Å². The first-order valence-corrected chi connectivity index (χ1v) is 10.8. The van der Waals surface area contributed by atoms with Crippen LogP contribution in [0.2, 0.25) is 0 Å². The van der Waals surface area contributed by atoms with Gasteiger partial charge >= 0.3 is 0 Å². The summed E-state index contributed by atoms with van der Waals surface area (Å²) < 4.78 is 5.94. The first kappa shape index (κ1) is 20.2. The molecule has 27 heavy (non-hydrogen) atoms. The van der Waals surface area contributed by atoms with Gasteiger partial charge < -0.3 is 15.2 Å². The van der Waals surface area contributed by atoms with E-state index in [1.165, 1.54) is 11.1 Å². The topological polar surface area (TPSA) is 44.7 Å². The van der Waals surface area contributed by atoms with Gasteiger partial charge in [-0.05, 0) is 18.6 Å². The number of aliphatic hydroxyl groups excluding tert-OH is 1. The minimum atomic E-state index is -0.457. The van der Waals surface area contributed by atoms with Crippen molar-refractivity contribution in [3.8, 4) is 5.75 Å². The number of para-hydroxylation sites is 1. The Balaban J connectivity index is 1.46. The van der Waals surface area contributed by atoms with Crippen LogP contribution in [-0.4, -0.2) is 53.9 Å². The largest absolute Gasteiger partial charge is 0.491 e. The van der Waals surface area contributed by atoms with Crippen molar-refractivity contribution in [3.05, 3.63) is 65.2 Å². The highest BCUT2D eigenvalue weighted by Gasteiger charge is 2.15. The number of aliphatic hydroxyl groups is 1. The summed E-state index contributed by atoms with van der Waals surface area (Å²) in [7, 11) is 0. The van der Waals surface area contributed by atoms with E-state index >= 15 is 0 Å². The van der Waals surface area contributed by atoms with Crippen molar-refractivity contribution in [2.24, 2.45) is 0 Å². The molecule has 5 heteroatoms. The summed E-state index contributed by atoms with van der Waals surface area (Å²) in [5, 5.41) is 13.8. The summed E-state index contributed by atoms with van der Waals surface area (Å²) in [6.07, 6.45) is -0.457. The quantitative estimate of drug-likeness (QED) is 0.693. The molecule has 3 rings (SSSR count). The first-order valence-electron chi connectivity index (χ1n) is 9.66. The Kier molecular flexibility index (Phi) is 8.02. The molecule has 2 aromatic carbocycles. The fourth-order valence-corrected chi connectivity index (χ4v) is 4.25. The molecular weight excluding hydrogens is 356 g/mol. The molecule has 1 heterocycles. The number of thioether (sulfide) groups is 1. The van der Waals surface area contributed by atoms with Gasteiger partial charge in [-0.2, -0.15) is 11.8 Å². The molecule has 1 atom stereocenters. The molecule has 1 aliphatic rings. The molecule has 2 N–H and O–H groups in total. The number of aryl methyl sites for hydroxylation is 1. The van der Waals surface area contributed by atoms with Crippen LogP contribution in [-0.2, 0) is 13.1 Å². The summed E-state index contributed by atoms with van der Waals surface area (Å²) in [6.45, 7) is 6.81. The van der Waals surface area contributed by atoms with Gasteiger partial charge in [0.25, 0.3) is 0 Å². The highest BCUT2D eigenvalue weighted by atomic mass is 32.2. The Morgan fingerprint density at radius 3 is 2.74 bits per heavy atom. The van der Waals surface area contributed by atoms with Gasteiger partial charge in [0, 0.05) is 49.8 Å². The van der Waals surface area contributed by atoms with Gasteiger partial charge in [0.2, 0.25) is 0 Å². The smallest absolute Gasteiger partial charge is 0.123 e. The monoisotopic (exact) mass is 386 g/mol. The molecule has 0 aliphatic carbocycles. The van der Waals surface area contributed by atoms with Gasteiger partial charge in [0.15, 0.2) is 0 Å². The SMILES string of the molecule is Cc1cccc(CNCc2ccccc2OC[C@@H](O)CN2CCSCC2)c1. The zero-order chi connectivity index (χ0) is 18.9. The maximum Gasteiger partial charge on any atom is 0.123 e. The molecule has 0 aromatic heterocycles.